The molecule has 0 saturated heterocycles. The smallest absolute Gasteiger partial charge is 0.315 e. The van der Waals surface area contributed by atoms with Crippen molar-refractivity contribution in [1.82, 2.24) is 31.1 Å². The number of nitro benzene ring substituents is 1. The van der Waals surface area contributed by atoms with Gasteiger partial charge in [0.25, 0.3) is 11.6 Å². The summed E-state index contributed by atoms with van der Waals surface area (Å²) in [6, 6.07) is 4.64. The third kappa shape index (κ3) is 6.84. The highest BCUT2D eigenvalue weighted by atomic mass is 16.6. The number of non-ortho nitro benzene ring substituents is 1. The zero-order chi connectivity index (χ0) is 21.4. The van der Waals surface area contributed by atoms with Crippen molar-refractivity contribution in [2.75, 3.05) is 0 Å². The van der Waals surface area contributed by atoms with Gasteiger partial charge in [0, 0.05) is 12.1 Å². The molecule has 1 aromatic carbocycles. The predicted octanol–water partition coefficient (Wildman–Crippen LogP) is 0.954. The highest BCUT2D eigenvalue weighted by molar-refractivity contribution is 5.86. The van der Waals surface area contributed by atoms with Crippen molar-refractivity contribution in [2.45, 2.75) is 39.4 Å². The zero-order valence-corrected chi connectivity index (χ0v) is 16.0. The molecule has 0 fully saturated rings. The van der Waals surface area contributed by atoms with E-state index in [0.717, 1.165) is 5.56 Å². The van der Waals surface area contributed by atoms with Crippen molar-refractivity contribution in [3.8, 4) is 0 Å². The second-order valence-corrected chi connectivity index (χ2v) is 6.82. The molecule has 0 aliphatic heterocycles. The standard InChI is InChI=1S/C17H23N7O5/c1-11(2)7-15(16(25)21-27)19-17(26)18-8-13-10-23(22-20-13)9-12-3-5-14(6-4-12)24(28)29/h3-6,10-11,15,27H,7-9H2,1-2H3,(H,21,25)(H2,18,19,26)/t15-/m0/s1. The van der Waals surface area contributed by atoms with E-state index in [1.165, 1.54) is 16.8 Å². The number of nitrogens with zero attached hydrogens (tertiary/aromatic N) is 4. The zero-order valence-electron chi connectivity index (χ0n) is 16.0. The molecular weight excluding hydrogens is 382 g/mol. The van der Waals surface area contributed by atoms with Gasteiger partial charge in [0.1, 0.15) is 11.7 Å². The minimum Gasteiger partial charge on any atom is -0.332 e. The number of nitro groups is 1. The summed E-state index contributed by atoms with van der Waals surface area (Å²) in [6.07, 6.45) is 2.00. The lowest BCUT2D eigenvalue weighted by Gasteiger charge is -2.18. The van der Waals surface area contributed by atoms with Gasteiger partial charge in [-0.05, 0) is 17.9 Å². The van der Waals surface area contributed by atoms with E-state index in [1.807, 2.05) is 13.8 Å². The van der Waals surface area contributed by atoms with Crippen molar-refractivity contribution in [2.24, 2.45) is 5.92 Å². The van der Waals surface area contributed by atoms with Crippen LogP contribution in [0.5, 0.6) is 0 Å². The summed E-state index contributed by atoms with van der Waals surface area (Å²) in [4.78, 5) is 33.9. The molecule has 0 radical (unpaired) electrons. The van der Waals surface area contributed by atoms with Crippen LogP contribution in [0.25, 0.3) is 0 Å². The van der Waals surface area contributed by atoms with Gasteiger partial charge in [0.15, 0.2) is 0 Å². The molecule has 12 heteroatoms. The van der Waals surface area contributed by atoms with Gasteiger partial charge in [0.2, 0.25) is 0 Å². The van der Waals surface area contributed by atoms with Crippen LogP contribution in [0.2, 0.25) is 0 Å². The Morgan fingerprint density at radius 2 is 1.97 bits per heavy atom. The van der Waals surface area contributed by atoms with Crippen LogP contribution in [-0.2, 0) is 17.9 Å². The second kappa shape index (κ2) is 10.1. The fourth-order valence-corrected chi connectivity index (χ4v) is 2.57. The van der Waals surface area contributed by atoms with Gasteiger partial charge >= 0.3 is 6.03 Å². The van der Waals surface area contributed by atoms with Gasteiger partial charge in [-0.15, -0.1) is 5.10 Å². The molecule has 2 rings (SSSR count). The number of aromatic nitrogens is 3. The monoisotopic (exact) mass is 405 g/mol. The lowest BCUT2D eigenvalue weighted by atomic mass is 10.0. The number of rotatable bonds is 9. The first-order chi connectivity index (χ1) is 13.8. The average Bonchev–Trinajstić information content (AvgIpc) is 3.12. The number of hydroxylamine groups is 1. The molecule has 1 atom stereocenters. The number of urea groups is 1. The number of carbonyl (C=O) groups excluding carboxylic acids is 2. The second-order valence-electron chi connectivity index (χ2n) is 6.82. The fourth-order valence-electron chi connectivity index (χ4n) is 2.57. The lowest BCUT2D eigenvalue weighted by Crippen LogP contribution is -2.49. The van der Waals surface area contributed by atoms with Gasteiger partial charge in [-0.2, -0.15) is 0 Å². The first-order valence-corrected chi connectivity index (χ1v) is 8.89. The first-order valence-electron chi connectivity index (χ1n) is 8.89. The Bertz CT molecular complexity index is 850. The number of carbonyl (C=O) groups is 2. The summed E-state index contributed by atoms with van der Waals surface area (Å²) < 4.78 is 1.54. The molecular formula is C17H23N7O5. The fraction of sp³-hybridized carbons (Fsp3) is 0.412. The molecule has 0 unspecified atom stereocenters. The van der Waals surface area contributed by atoms with Gasteiger partial charge < -0.3 is 10.6 Å². The molecule has 0 saturated carbocycles. The lowest BCUT2D eigenvalue weighted by molar-refractivity contribution is -0.384. The Kier molecular flexibility index (Phi) is 7.60. The van der Waals surface area contributed by atoms with Gasteiger partial charge in [-0.1, -0.05) is 31.2 Å². The van der Waals surface area contributed by atoms with Crippen LogP contribution in [-0.4, -0.2) is 43.1 Å². The average molecular weight is 405 g/mol. The normalized spacial score (nSPS) is 11.7. The SMILES string of the molecule is CC(C)C[C@H](NC(=O)NCc1cn(Cc2ccc([N+](=O)[O-])cc2)nn1)C(=O)NO. The summed E-state index contributed by atoms with van der Waals surface area (Å²) >= 11 is 0. The highest BCUT2D eigenvalue weighted by Crippen LogP contribution is 2.12. The molecule has 0 aliphatic carbocycles. The van der Waals surface area contributed by atoms with Crippen molar-refractivity contribution in [1.29, 1.82) is 0 Å². The van der Waals surface area contributed by atoms with Crippen molar-refractivity contribution in [3.63, 3.8) is 0 Å². The van der Waals surface area contributed by atoms with Crippen molar-refractivity contribution < 1.29 is 19.7 Å². The third-order valence-electron chi connectivity index (χ3n) is 3.95. The number of amides is 3. The van der Waals surface area contributed by atoms with Crippen molar-refractivity contribution >= 4 is 17.6 Å². The van der Waals surface area contributed by atoms with Crippen LogP contribution in [0.1, 0.15) is 31.5 Å². The topological polar surface area (TPSA) is 164 Å². The number of hydrogen-bond acceptors (Lipinski definition) is 7. The van der Waals surface area contributed by atoms with Gasteiger partial charge in [-0.3, -0.25) is 20.1 Å². The molecule has 0 aliphatic rings. The van der Waals surface area contributed by atoms with Gasteiger partial charge in [0.05, 0.1) is 24.2 Å². The minimum atomic E-state index is -0.863. The maximum atomic E-state index is 12.0. The molecule has 1 heterocycles. The Labute approximate surface area is 166 Å². The Morgan fingerprint density at radius 1 is 1.28 bits per heavy atom. The summed E-state index contributed by atoms with van der Waals surface area (Å²) in [6.45, 7) is 4.23. The largest absolute Gasteiger partial charge is 0.332 e. The Morgan fingerprint density at radius 3 is 2.55 bits per heavy atom. The van der Waals surface area contributed by atoms with E-state index in [4.69, 9.17) is 5.21 Å². The van der Waals surface area contributed by atoms with E-state index in [2.05, 4.69) is 20.9 Å². The molecule has 0 bridgehead atoms. The minimum absolute atomic E-state index is 0.00823. The van der Waals surface area contributed by atoms with E-state index in [0.29, 0.717) is 18.7 Å². The number of benzene rings is 1. The summed E-state index contributed by atoms with van der Waals surface area (Å²) in [7, 11) is 0. The Hall–Kier alpha value is -3.54. The number of nitrogens with one attached hydrogen (secondary N) is 3. The van der Waals surface area contributed by atoms with Crippen LogP contribution >= 0.6 is 0 Å². The Balaban J connectivity index is 1.87. The molecule has 12 nitrogen and oxygen atoms in total. The maximum absolute atomic E-state index is 12.0. The number of hydrogen-bond donors (Lipinski definition) is 4. The van der Waals surface area contributed by atoms with Gasteiger partial charge in [-0.25, -0.2) is 15.0 Å². The van der Waals surface area contributed by atoms with E-state index in [9.17, 15) is 19.7 Å². The van der Waals surface area contributed by atoms with Crippen LogP contribution in [0.3, 0.4) is 0 Å². The maximum Gasteiger partial charge on any atom is 0.315 e. The highest BCUT2D eigenvalue weighted by Gasteiger charge is 2.21. The van der Waals surface area contributed by atoms with E-state index >= 15 is 0 Å². The predicted molar refractivity (Wildman–Crippen MR) is 101 cm³/mol. The summed E-state index contributed by atoms with van der Waals surface area (Å²) in [5, 5.41) is 32.4. The summed E-state index contributed by atoms with van der Waals surface area (Å²) in [5.74, 6) is -0.556. The van der Waals surface area contributed by atoms with Crippen LogP contribution < -0.4 is 16.1 Å². The van der Waals surface area contributed by atoms with E-state index in [-0.39, 0.29) is 18.2 Å². The van der Waals surface area contributed by atoms with Crippen LogP contribution in [0, 0.1) is 16.0 Å². The molecule has 1 aromatic heterocycles. The first kappa shape index (κ1) is 21.8. The molecule has 3 amide bonds. The molecule has 29 heavy (non-hydrogen) atoms. The quantitative estimate of drug-likeness (QED) is 0.274. The van der Waals surface area contributed by atoms with E-state index < -0.39 is 22.9 Å². The molecule has 0 spiro atoms. The molecule has 2 aromatic rings. The molecule has 4 N–H and O–H groups in total. The van der Waals surface area contributed by atoms with Crippen molar-refractivity contribution in [3.05, 3.63) is 51.8 Å². The third-order valence-corrected chi connectivity index (χ3v) is 3.95. The van der Waals surface area contributed by atoms with Crippen LogP contribution in [0.15, 0.2) is 30.5 Å². The van der Waals surface area contributed by atoms with Crippen LogP contribution in [0.4, 0.5) is 10.5 Å². The molecule has 156 valence electrons. The van der Waals surface area contributed by atoms with E-state index in [1.54, 1.807) is 23.8 Å². The summed E-state index contributed by atoms with van der Waals surface area (Å²) in [5.41, 5.74) is 2.85.